The van der Waals surface area contributed by atoms with Crippen LogP contribution in [0.3, 0.4) is 0 Å². The van der Waals surface area contributed by atoms with E-state index in [1.54, 1.807) is 0 Å². The van der Waals surface area contributed by atoms with Crippen molar-refractivity contribution in [3.8, 4) is 0 Å². The van der Waals surface area contributed by atoms with Crippen molar-refractivity contribution in [1.29, 1.82) is 0 Å². The van der Waals surface area contributed by atoms with Crippen LogP contribution in [-0.4, -0.2) is 11.2 Å². The minimum absolute atomic E-state index is 0.0632. The van der Waals surface area contributed by atoms with Crippen molar-refractivity contribution in [2.75, 3.05) is 0 Å². The van der Waals surface area contributed by atoms with Gasteiger partial charge in [0.05, 0.1) is 6.10 Å². The lowest BCUT2D eigenvalue weighted by atomic mass is 9.57. The van der Waals surface area contributed by atoms with Crippen LogP contribution in [0.25, 0.3) is 0 Å². The van der Waals surface area contributed by atoms with Crippen molar-refractivity contribution in [3.63, 3.8) is 0 Å². The van der Waals surface area contributed by atoms with Crippen LogP contribution in [0.2, 0.25) is 0 Å². The van der Waals surface area contributed by atoms with Crippen molar-refractivity contribution in [3.05, 3.63) is 0 Å². The Morgan fingerprint density at radius 1 is 1.00 bits per heavy atom. The van der Waals surface area contributed by atoms with Gasteiger partial charge >= 0.3 is 0 Å². The monoisotopic (exact) mass is 254 g/mol. The summed E-state index contributed by atoms with van der Waals surface area (Å²) in [5.41, 5.74) is 1.07. The van der Waals surface area contributed by atoms with Crippen LogP contribution in [0.5, 0.6) is 0 Å². The number of aliphatic hydroxyl groups is 1. The molecule has 1 nitrogen and oxygen atoms in total. The van der Waals surface area contributed by atoms with Gasteiger partial charge in [0.25, 0.3) is 0 Å². The number of rotatable bonds is 7. The second-order valence-corrected chi connectivity index (χ2v) is 7.31. The van der Waals surface area contributed by atoms with Crippen molar-refractivity contribution < 1.29 is 5.11 Å². The highest BCUT2D eigenvalue weighted by Crippen LogP contribution is 2.52. The van der Waals surface area contributed by atoms with Crippen LogP contribution in [0.1, 0.15) is 91.9 Å². The molecule has 0 amide bonds. The lowest BCUT2D eigenvalue weighted by molar-refractivity contribution is 0.0222. The quantitative estimate of drug-likeness (QED) is 0.610. The molecular weight excluding hydrogens is 220 g/mol. The summed E-state index contributed by atoms with van der Waals surface area (Å²) < 4.78 is 0. The standard InChI is InChI=1S/C17H34O/c1-5-15(18)11-7-6-8-13-17(4)14-10-9-12-16(17,2)3/h15,18H,5-14H2,1-4H3. The summed E-state index contributed by atoms with van der Waals surface area (Å²) in [6.07, 6.45) is 12.7. The van der Waals surface area contributed by atoms with Gasteiger partial charge in [-0.3, -0.25) is 0 Å². The molecule has 1 aliphatic carbocycles. The van der Waals surface area contributed by atoms with Gasteiger partial charge in [-0.05, 0) is 42.9 Å². The van der Waals surface area contributed by atoms with Gasteiger partial charge in [0.1, 0.15) is 0 Å². The Kier molecular flexibility index (Phi) is 6.17. The molecular formula is C17H34O. The fourth-order valence-electron chi connectivity index (χ4n) is 3.46. The predicted molar refractivity (Wildman–Crippen MR) is 79.7 cm³/mol. The number of hydrogen-bond acceptors (Lipinski definition) is 1. The van der Waals surface area contributed by atoms with E-state index in [-0.39, 0.29) is 6.10 Å². The molecule has 108 valence electrons. The Morgan fingerprint density at radius 2 is 1.67 bits per heavy atom. The summed E-state index contributed by atoms with van der Waals surface area (Å²) in [6, 6.07) is 0. The van der Waals surface area contributed by atoms with Crippen molar-refractivity contribution in [1.82, 2.24) is 0 Å². The van der Waals surface area contributed by atoms with E-state index in [0.717, 1.165) is 12.8 Å². The molecule has 0 aliphatic heterocycles. The molecule has 0 bridgehead atoms. The first-order valence-electron chi connectivity index (χ1n) is 8.09. The van der Waals surface area contributed by atoms with E-state index >= 15 is 0 Å². The summed E-state index contributed by atoms with van der Waals surface area (Å²) in [5, 5.41) is 9.54. The van der Waals surface area contributed by atoms with Crippen LogP contribution in [-0.2, 0) is 0 Å². The maximum atomic E-state index is 9.54. The fraction of sp³-hybridized carbons (Fsp3) is 1.00. The normalized spacial score (nSPS) is 29.2. The van der Waals surface area contributed by atoms with E-state index in [1.165, 1.54) is 51.4 Å². The van der Waals surface area contributed by atoms with E-state index in [0.29, 0.717) is 10.8 Å². The first-order valence-corrected chi connectivity index (χ1v) is 8.09. The van der Waals surface area contributed by atoms with Crippen LogP contribution in [0, 0.1) is 10.8 Å². The molecule has 1 rings (SSSR count). The van der Waals surface area contributed by atoms with Gasteiger partial charge in [-0.1, -0.05) is 59.8 Å². The third-order valence-electron chi connectivity index (χ3n) is 5.65. The number of hydrogen-bond donors (Lipinski definition) is 1. The minimum Gasteiger partial charge on any atom is -0.393 e. The zero-order valence-electron chi connectivity index (χ0n) is 13.1. The topological polar surface area (TPSA) is 20.2 Å². The zero-order valence-corrected chi connectivity index (χ0v) is 13.1. The van der Waals surface area contributed by atoms with Gasteiger partial charge in [-0.2, -0.15) is 0 Å². The van der Waals surface area contributed by atoms with Crippen LogP contribution >= 0.6 is 0 Å². The number of aliphatic hydroxyl groups excluding tert-OH is 1. The molecule has 1 N–H and O–H groups in total. The Bertz CT molecular complexity index is 234. The zero-order chi connectivity index (χ0) is 13.6. The van der Waals surface area contributed by atoms with Crippen molar-refractivity contribution in [2.24, 2.45) is 10.8 Å². The Labute approximate surface area is 114 Å². The molecule has 1 fully saturated rings. The van der Waals surface area contributed by atoms with E-state index in [9.17, 15) is 5.11 Å². The maximum absolute atomic E-state index is 9.54. The summed E-state index contributed by atoms with van der Waals surface area (Å²) in [7, 11) is 0. The smallest absolute Gasteiger partial charge is 0.0537 e. The van der Waals surface area contributed by atoms with E-state index in [4.69, 9.17) is 0 Å². The summed E-state index contributed by atoms with van der Waals surface area (Å²) in [4.78, 5) is 0. The van der Waals surface area contributed by atoms with Crippen molar-refractivity contribution in [2.45, 2.75) is 98.0 Å². The molecule has 0 aromatic heterocycles. The highest BCUT2D eigenvalue weighted by atomic mass is 16.3. The molecule has 0 heterocycles. The van der Waals surface area contributed by atoms with Gasteiger partial charge in [0, 0.05) is 0 Å². The lowest BCUT2D eigenvalue weighted by Crippen LogP contribution is -2.38. The molecule has 18 heavy (non-hydrogen) atoms. The molecule has 2 unspecified atom stereocenters. The molecule has 1 saturated carbocycles. The van der Waals surface area contributed by atoms with Gasteiger partial charge in [0.15, 0.2) is 0 Å². The van der Waals surface area contributed by atoms with Crippen LogP contribution in [0.4, 0.5) is 0 Å². The van der Waals surface area contributed by atoms with E-state index < -0.39 is 0 Å². The SMILES string of the molecule is CCC(O)CCCCCC1(C)CCCCC1(C)C. The Balaban J connectivity index is 2.25. The highest BCUT2D eigenvalue weighted by molar-refractivity contribution is 4.92. The average Bonchev–Trinajstić information content (AvgIpc) is 2.32. The van der Waals surface area contributed by atoms with Crippen molar-refractivity contribution >= 4 is 0 Å². The first kappa shape index (κ1) is 16.0. The third kappa shape index (κ3) is 4.26. The molecule has 0 saturated heterocycles. The average molecular weight is 254 g/mol. The third-order valence-corrected chi connectivity index (χ3v) is 5.65. The molecule has 0 aromatic carbocycles. The second-order valence-electron chi connectivity index (χ2n) is 7.31. The van der Waals surface area contributed by atoms with E-state index in [2.05, 4.69) is 27.7 Å². The molecule has 1 heteroatoms. The second kappa shape index (κ2) is 6.93. The maximum Gasteiger partial charge on any atom is 0.0537 e. The predicted octanol–water partition coefficient (Wildman–Crippen LogP) is 5.31. The highest BCUT2D eigenvalue weighted by Gasteiger charge is 2.41. The molecule has 1 aliphatic rings. The summed E-state index contributed by atoms with van der Waals surface area (Å²) in [5.74, 6) is 0. The van der Waals surface area contributed by atoms with Crippen LogP contribution < -0.4 is 0 Å². The summed E-state index contributed by atoms with van der Waals surface area (Å²) in [6.45, 7) is 9.50. The lowest BCUT2D eigenvalue weighted by Gasteiger charge is -2.48. The summed E-state index contributed by atoms with van der Waals surface area (Å²) >= 11 is 0. The Hall–Kier alpha value is -0.0400. The molecule has 0 radical (unpaired) electrons. The molecule has 0 aromatic rings. The fourth-order valence-corrected chi connectivity index (χ4v) is 3.46. The van der Waals surface area contributed by atoms with Gasteiger partial charge in [-0.25, -0.2) is 0 Å². The van der Waals surface area contributed by atoms with E-state index in [1.807, 2.05) is 0 Å². The van der Waals surface area contributed by atoms with Crippen LogP contribution in [0.15, 0.2) is 0 Å². The largest absolute Gasteiger partial charge is 0.393 e. The molecule has 0 spiro atoms. The van der Waals surface area contributed by atoms with Gasteiger partial charge < -0.3 is 5.11 Å². The minimum atomic E-state index is -0.0632. The molecule has 2 atom stereocenters. The number of unbranched alkanes of at least 4 members (excludes halogenated alkanes) is 2. The Morgan fingerprint density at radius 3 is 2.28 bits per heavy atom. The first-order chi connectivity index (χ1) is 8.41. The van der Waals surface area contributed by atoms with Gasteiger partial charge in [0.2, 0.25) is 0 Å². The van der Waals surface area contributed by atoms with Gasteiger partial charge in [-0.15, -0.1) is 0 Å².